The molecule has 5 N–H and O–H groups in total. The maximum absolute atomic E-state index is 13.4. The molecule has 0 bridgehead atoms. The number of thioether (sulfide) groups is 1. The Kier molecular flexibility index (Phi) is 13.1. The Hall–Kier alpha value is -2.24. The number of hydrogen-bond donors (Lipinski definition) is 5. The van der Waals surface area contributed by atoms with Crippen molar-refractivity contribution in [3.05, 3.63) is 35.9 Å². The molecule has 0 heterocycles. The van der Waals surface area contributed by atoms with Gasteiger partial charge in [-0.05, 0) is 29.9 Å². The van der Waals surface area contributed by atoms with E-state index in [0.717, 1.165) is 5.56 Å². The second-order valence-electron chi connectivity index (χ2n) is 8.35. The number of likely N-dealkylation sites (N-methyl/N-ethyl adjacent to an activating group) is 1. The van der Waals surface area contributed by atoms with Gasteiger partial charge in [0, 0.05) is 19.2 Å². The van der Waals surface area contributed by atoms with E-state index in [1.54, 1.807) is 13.8 Å². The predicted molar refractivity (Wildman–Crippen MR) is 138 cm³/mol. The molecule has 0 fully saturated rings. The van der Waals surface area contributed by atoms with Gasteiger partial charge in [0.15, 0.2) is 0 Å². The van der Waals surface area contributed by atoms with Gasteiger partial charge in [0.05, 0.1) is 6.04 Å². The molecule has 0 aliphatic heterocycles. The Morgan fingerprint density at radius 3 is 2.24 bits per heavy atom. The summed E-state index contributed by atoms with van der Waals surface area (Å²) in [4.78, 5) is 51.9. The first kappa shape index (κ1) is 29.8. The monoisotopic (exact) mass is 512 g/mol. The number of thiol groups is 1. The summed E-state index contributed by atoms with van der Waals surface area (Å²) in [5.41, 5.74) is 6.55. The van der Waals surface area contributed by atoms with E-state index in [9.17, 15) is 24.3 Å². The highest BCUT2D eigenvalue weighted by atomic mass is 32.2. The Morgan fingerprint density at radius 1 is 1.12 bits per heavy atom. The van der Waals surface area contributed by atoms with Crippen LogP contribution in [0.5, 0.6) is 0 Å². The van der Waals surface area contributed by atoms with Gasteiger partial charge in [-0.3, -0.25) is 14.4 Å². The first-order chi connectivity index (χ1) is 16.0. The average molecular weight is 513 g/mol. The molecule has 1 aromatic carbocycles. The van der Waals surface area contributed by atoms with E-state index >= 15 is 0 Å². The summed E-state index contributed by atoms with van der Waals surface area (Å²) in [6.07, 6.45) is 2.29. The van der Waals surface area contributed by atoms with E-state index < -0.39 is 47.9 Å². The zero-order valence-corrected chi connectivity index (χ0v) is 21.8. The number of amides is 3. The number of carboxylic acid groups (broad SMARTS) is 1. The van der Waals surface area contributed by atoms with Crippen molar-refractivity contribution in [1.82, 2.24) is 15.5 Å². The lowest BCUT2D eigenvalue weighted by molar-refractivity contribution is -0.145. The maximum atomic E-state index is 13.4. The standard InChI is InChI=1S/C23H36N4O5S2/c1-14(2)19(26-20(28)16(24)13-33)22(30)27(3)18(12-15-8-6-5-7-9-15)21(29)25-17(23(31)32)10-11-34-4/h5-9,14,16-19,33H,10-13,24H2,1-4H3,(H,25,29)(H,26,28)(H,31,32)/t16-,17-,18-,19-/m0/s1. The van der Waals surface area contributed by atoms with Gasteiger partial charge < -0.3 is 26.4 Å². The molecule has 3 amide bonds. The molecule has 1 rings (SSSR count). The molecule has 0 saturated heterocycles. The normalized spacial score (nSPS) is 14.6. The molecular formula is C23H36N4O5S2. The molecule has 0 unspecified atom stereocenters. The number of nitrogens with one attached hydrogen (secondary N) is 2. The molecule has 0 aliphatic carbocycles. The number of carbonyl (C=O) groups is 4. The van der Waals surface area contributed by atoms with Crippen LogP contribution in [0.25, 0.3) is 0 Å². The smallest absolute Gasteiger partial charge is 0.326 e. The van der Waals surface area contributed by atoms with Crippen molar-refractivity contribution in [2.24, 2.45) is 11.7 Å². The van der Waals surface area contributed by atoms with Crippen LogP contribution in [0, 0.1) is 5.92 Å². The van der Waals surface area contributed by atoms with Crippen molar-refractivity contribution < 1.29 is 24.3 Å². The quantitative estimate of drug-likeness (QED) is 0.232. The first-order valence-electron chi connectivity index (χ1n) is 11.0. The van der Waals surface area contributed by atoms with Gasteiger partial charge in [0.1, 0.15) is 18.1 Å². The van der Waals surface area contributed by atoms with Crippen molar-refractivity contribution in [1.29, 1.82) is 0 Å². The third-order valence-corrected chi connectivity index (χ3v) is 6.42. The number of rotatable bonds is 14. The Labute approximate surface area is 211 Å². The molecule has 9 nitrogen and oxygen atoms in total. The van der Waals surface area contributed by atoms with Crippen LogP contribution in [0.4, 0.5) is 0 Å². The summed E-state index contributed by atoms with van der Waals surface area (Å²) < 4.78 is 0. The van der Waals surface area contributed by atoms with Crippen LogP contribution in [-0.2, 0) is 25.6 Å². The molecule has 0 aromatic heterocycles. The van der Waals surface area contributed by atoms with Crippen LogP contribution >= 0.6 is 24.4 Å². The summed E-state index contributed by atoms with van der Waals surface area (Å²) in [5.74, 6) is -2.30. The van der Waals surface area contributed by atoms with Gasteiger partial charge in [0.2, 0.25) is 17.7 Å². The highest BCUT2D eigenvalue weighted by Gasteiger charge is 2.35. The van der Waals surface area contributed by atoms with E-state index in [1.807, 2.05) is 36.6 Å². The van der Waals surface area contributed by atoms with Gasteiger partial charge in [0.25, 0.3) is 0 Å². The lowest BCUT2D eigenvalue weighted by Gasteiger charge is -2.33. The van der Waals surface area contributed by atoms with Crippen LogP contribution in [0.3, 0.4) is 0 Å². The fourth-order valence-corrected chi connectivity index (χ4v) is 3.87. The fraction of sp³-hybridized carbons (Fsp3) is 0.565. The van der Waals surface area contributed by atoms with E-state index in [0.29, 0.717) is 5.75 Å². The molecule has 190 valence electrons. The minimum atomic E-state index is -1.14. The zero-order chi connectivity index (χ0) is 25.8. The number of nitrogens with zero attached hydrogens (tertiary/aromatic N) is 1. The first-order valence-corrected chi connectivity index (χ1v) is 13.1. The lowest BCUT2D eigenvalue weighted by atomic mass is 9.99. The summed E-state index contributed by atoms with van der Waals surface area (Å²) >= 11 is 5.50. The molecule has 0 spiro atoms. The van der Waals surface area contributed by atoms with Crippen LogP contribution in [0.15, 0.2) is 30.3 Å². The predicted octanol–water partition coefficient (Wildman–Crippen LogP) is 0.777. The van der Waals surface area contributed by atoms with Gasteiger partial charge >= 0.3 is 5.97 Å². The summed E-state index contributed by atoms with van der Waals surface area (Å²) in [6, 6.07) is 5.29. The largest absolute Gasteiger partial charge is 0.480 e. The number of benzene rings is 1. The van der Waals surface area contributed by atoms with Crippen LogP contribution in [-0.4, -0.2) is 82.7 Å². The van der Waals surface area contributed by atoms with E-state index in [4.69, 9.17) is 5.73 Å². The van der Waals surface area contributed by atoms with Crippen LogP contribution in [0.2, 0.25) is 0 Å². The molecule has 34 heavy (non-hydrogen) atoms. The van der Waals surface area contributed by atoms with Gasteiger partial charge in [-0.15, -0.1) is 0 Å². The minimum Gasteiger partial charge on any atom is -0.480 e. The fourth-order valence-electron chi connectivity index (χ4n) is 3.23. The van der Waals surface area contributed by atoms with Crippen molar-refractivity contribution >= 4 is 48.1 Å². The summed E-state index contributed by atoms with van der Waals surface area (Å²) in [6.45, 7) is 3.55. The van der Waals surface area contributed by atoms with Crippen molar-refractivity contribution in [3.8, 4) is 0 Å². The number of carboxylic acids is 1. The molecule has 0 aliphatic rings. The number of carbonyl (C=O) groups excluding carboxylic acids is 3. The Morgan fingerprint density at radius 2 is 1.74 bits per heavy atom. The zero-order valence-electron chi connectivity index (χ0n) is 20.1. The summed E-state index contributed by atoms with van der Waals surface area (Å²) in [5, 5.41) is 14.8. The number of aliphatic carboxylic acids is 1. The second-order valence-corrected chi connectivity index (χ2v) is 9.71. The molecule has 0 radical (unpaired) electrons. The Balaban J connectivity index is 3.20. The molecular weight excluding hydrogens is 476 g/mol. The second kappa shape index (κ2) is 14.9. The van der Waals surface area contributed by atoms with Gasteiger partial charge in [-0.1, -0.05) is 44.2 Å². The lowest BCUT2D eigenvalue weighted by Crippen LogP contribution is -2.59. The molecule has 4 atom stereocenters. The molecule has 0 saturated carbocycles. The topological polar surface area (TPSA) is 142 Å². The SMILES string of the molecule is CSCC[C@H](NC(=O)[C@H](Cc1ccccc1)N(C)C(=O)[C@@H](NC(=O)[C@@H](N)CS)C(C)C)C(=O)O. The average Bonchev–Trinajstić information content (AvgIpc) is 2.81. The van der Waals surface area contributed by atoms with Crippen molar-refractivity contribution in [2.45, 2.75) is 50.9 Å². The van der Waals surface area contributed by atoms with Gasteiger partial charge in [-0.2, -0.15) is 24.4 Å². The van der Waals surface area contributed by atoms with E-state index in [2.05, 4.69) is 23.3 Å². The van der Waals surface area contributed by atoms with E-state index in [-0.39, 0.29) is 24.5 Å². The number of hydrogen-bond acceptors (Lipinski definition) is 7. The summed E-state index contributed by atoms with van der Waals surface area (Å²) in [7, 11) is 1.48. The van der Waals surface area contributed by atoms with Gasteiger partial charge in [-0.25, -0.2) is 4.79 Å². The Bertz CT molecular complexity index is 825. The minimum absolute atomic E-state index is 0.117. The molecule has 1 aromatic rings. The highest BCUT2D eigenvalue weighted by molar-refractivity contribution is 7.98. The number of nitrogens with two attached hydrogens (primary N) is 1. The third kappa shape index (κ3) is 9.19. The maximum Gasteiger partial charge on any atom is 0.326 e. The molecule has 11 heteroatoms. The van der Waals surface area contributed by atoms with Crippen LogP contribution < -0.4 is 16.4 Å². The van der Waals surface area contributed by atoms with Crippen LogP contribution in [0.1, 0.15) is 25.8 Å². The van der Waals surface area contributed by atoms with Crippen molar-refractivity contribution in [2.75, 3.05) is 24.8 Å². The third-order valence-electron chi connectivity index (χ3n) is 5.38. The van der Waals surface area contributed by atoms with Crippen molar-refractivity contribution in [3.63, 3.8) is 0 Å². The van der Waals surface area contributed by atoms with E-state index in [1.165, 1.54) is 23.7 Å². The highest BCUT2D eigenvalue weighted by Crippen LogP contribution is 2.14.